The molecule has 6 heteroatoms. The highest BCUT2D eigenvalue weighted by atomic mass is 28.3. The first-order valence-electron chi connectivity index (χ1n) is 17.2. The van der Waals surface area contributed by atoms with E-state index in [1.807, 2.05) is 60.7 Å². The van der Waals surface area contributed by atoms with Crippen LogP contribution in [0.5, 0.6) is 0 Å². The number of aromatic nitrogens is 5. The lowest BCUT2D eigenvalue weighted by molar-refractivity contribution is 1.07. The molecular formula is C45H33N5Si. The van der Waals surface area contributed by atoms with Crippen LogP contribution < -0.4 is 10.4 Å². The normalized spacial score (nSPS) is 12.7. The standard InChI is InChI=1S/C45H33N5Si/c1-51(2)38-24-13-12-23-37(38)40-41(51)39(31-15-6-3-7-16-31)46-45(47-40)36-22-14-21-35(29-36)30-25-27-34(28-26-30)44-49-42(32-17-8-4-9-18-32)48-43(50-44)33-19-10-5-11-20-33/h3-29H,1-2H3. The van der Waals surface area contributed by atoms with Gasteiger partial charge >= 0.3 is 0 Å². The fourth-order valence-electron chi connectivity index (χ4n) is 7.14. The molecule has 0 bridgehead atoms. The van der Waals surface area contributed by atoms with Gasteiger partial charge in [-0.25, -0.2) is 24.9 Å². The summed E-state index contributed by atoms with van der Waals surface area (Å²) in [5, 5.41) is 2.73. The van der Waals surface area contributed by atoms with Gasteiger partial charge in [-0.1, -0.05) is 171 Å². The molecule has 0 saturated heterocycles. The SMILES string of the molecule is C[Si]1(C)c2ccccc2-c2nc(-c3cccc(-c4ccc(-c5nc(-c6ccccc6)nc(-c6ccccc6)n5)cc4)c3)nc(-c3ccccc3)c21. The lowest BCUT2D eigenvalue weighted by Gasteiger charge is -2.21. The Hall–Kier alpha value is -6.37. The van der Waals surface area contributed by atoms with Crippen molar-refractivity contribution in [2.24, 2.45) is 0 Å². The smallest absolute Gasteiger partial charge is 0.164 e. The lowest BCUT2D eigenvalue weighted by atomic mass is 10.0. The van der Waals surface area contributed by atoms with E-state index in [0.717, 1.165) is 56.2 Å². The predicted molar refractivity (Wildman–Crippen MR) is 210 cm³/mol. The average molecular weight is 672 g/mol. The molecule has 0 amide bonds. The Kier molecular flexibility index (Phi) is 7.52. The minimum absolute atomic E-state index is 0.634. The van der Waals surface area contributed by atoms with Crippen LogP contribution in [0.25, 0.3) is 79.2 Å². The van der Waals surface area contributed by atoms with Crippen molar-refractivity contribution >= 4 is 18.4 Å². The van der Waals surface area contributed by atoms with E-state index in [9.17, 15) is 0 Å². The van der Waals surface area contributed by atoms with Crippen molar-refractivity contribution in [1.82, 2.24) is 24.9 Å². The summed E-state index contributed by atoms with van der Waals surface area (Å²) in [5.74, 6) is 2.66. The molecule has 0 N–H and O–H groups in total. The molecule has 8 aromatic rings. The van der Waals surface area contributed by atoms with Crippen molar-refractivity contribution in [3.05, 3.63) is 164 Å². The van der Waals surface area contributed by atoms with E-state index in [2.05, 4.69) is 116 Å². The third-order valence-electron chi connectivity index (χ3n) is 9.73. The second kappa shape index (κ2) is 12.5. The zero-order chi connectivity index (χ0) is 34.4. The molecule has 2 aromatic heterocycles. The van der Waals surface area contributed by atoms with Crippen LogP contribution in [0.1, 0.15) is 0 Å². The first-order chi connectivity index (χ1) is 25.0. The zero-order valence-corrected chi connectivity index (χ0v) is 29.3. The van der Waals surface area contributed by atoms with Gasteiger partial charge in [0.2, 0.25) is 0 Å². The number of benzene rings is 6. The number of hydrogen-bond acceptors (Lipinski definition) is 5. The molecule has 242 valence electrons. The van der Waals surface area contributed by atoms with Gasteiger partial charge in [-0.15, -0.1) is 0 Å². The van der Waals surface area contributed by atoms with Crippen LogP contribution in [-0.4, -0.2) is 33.0 Å². The predicted octanol–water partition coefficient (Wildman–Crippen LogP) is 9.47. The number of rotatable bonds is 6. The molecule has 6 aromatic carbocycles. The summed E-state index contributed by atoms with van der Waals surface area (Å²) >= 11 is 0. The summed E-state index contributed by atoms with van der Waals surface area (Å²) in [6.45, 7) is 4.83. The summed E-state index contributed by atoms with van der Waals surface area (Å²) in [6, 6.07) is 56.4. The van der Waals surface area contributed by atoms with Crippen LogP contribution in [0.15, 0.2) is 164 Å². The van der Waals surface area contributed by atoms with Gasteiger partial charge < -0.3 is 0 Å². The molecule has 0 unspecified atom stereocenters. The van der Waals surface area contributed by atoms with Gasteiger partial charge in [-0.3, -0.25) is 0 Å². The molecule has 1 aliphatic rings. The molecule has 0 spiro atoms. The van der Waals surface area contributed by atoms with E-state index >= 15 is 0 Å². The summed E-state index contributed by atoms with van der Waals surface area (Å²) in [6.07, 6.45) is 0. The third kappa shape index (κ3) is 5.56. The second-order valence-corrected chi connectivity index (χ2v) is 17.6. The Morgan fingerprint density at radius 3 is 1.37 bits per heavy atom. The van der Waals surface area contributed by atoms with Crippen molar-refractivity contribution in [2.45, 2.75) is 13.1 Å². The molecule has 51 heavy (non-hydrogen) atoms. The topological polar surface area (TPSA) is 64.5 Å². The van der Waals surface area contributed by atoms with Crippen molar-refractivity contribution in [1.29, 1.82) is 0 Å². The Bertz CT molecular complexity index is 2480. The third-order valence-corrected chi connectivity index (χ3v) is 13.2. The Morgan fingerprint density at radius 2 is 0.765 bits per heavy atom. The van der Waals surface area contributed by atoms with Crippen LogP contribution in [0.3, 0.4) is 0 Å². The molecule has 9 rings (SSSR count). The van der Waals surface area contributed by atoms with Crippen LogP contribution in [0, 0.1) is 0 Å². The van der Waals surface area contributed by atoms with Crippen LogP contribution in [0.2, 0.25) is 13.1 Å². The van der Waals surface area contributed by atoms with Gasteiger partial charge in [0.05, 0.1) is 11.4 Å². The van der Waals surface area contributed by atoms with Gasteiger partial charge in [0.1, 0.15) is 8.07 Å². The van der Waals surface area contributed by atoms with E-state index in [-0.39, 0.29) is 0 Å². The highest BCUT2D eigenvalue weighted by Crippen LogP contribution is 2.34. The van der Waals surface area contributed by atoms with Crippen molar-refractivity contribution < 1.29 is 0 Å². The molecule has 0 atom stereocenters. The van der Waals surface area contributed by atoms with Gasteiger partial charge in [0, 0.05) is 27.8 Å². The van der Waals surface area contributed by atoms with Crippen LogP contribution >= 0.6 is 0 Å². The summed E-state index contributed by atoms with van der Waals surface area (Å²) < 4.78 is 0. The molecule has 3 heterocycles. The van der Waals surface area contributed by atoms with E-state index in [1.165, 1.54) is 15.9 Å². The minimum atomic E-state index is -2.01. The van der Waals surface area contributed by atoms with Crippen molar-refractivity contribution in [2.75, 3.05) is 0 Å². The second-order valence-electron chi connectivity index (χ2n) is 13.4. The average Bonchev–Trinajstić information content (AvgIpc) is 3.44. The fraction of sp³-hybridized carbons (Fsp3) is 0.0444. The van der Waals surface area contributed by atoms with Crippen molar-refractivity contribution in [3.8, 4) is 79.2 Å². The van der Waals surface area contributed by atoms with Crippen molar-refractivity contribution in [3.63, 3.8) is 0 Å². The maximum atomic E-state index is 5.32. The summed E-state index contributed by atoms with van der Waals surface area (Å²) in [5.41, 5.74) is 10.5. The van der Waals surface area contributed by atoms with E-state index in [0.29, 0.717) is 17.5 Å². The lowest BCUT2D eigenvalue weighted by Crippen LogP contribution is -2.50. The fourth-order valence-corrected chi connectivity index (χ4v) is 10.4. The summed E-state index contributed by atoms with van der Waals surface area (Å²) in [4.78, 5) is 25.3. The maximum Gasteiger partial charge on any atom is 0.164 e. The molecule has 5 nitrogen and oxygen atoms in total. The van der Waals surface area contributed by atoms with Gasteiger partial charge in [0.25, 0.3) is 0 Å². The highest BCUT2D eigenvalue weighted by molar-refractivity contribution is 7.04. The van der Waals surface area contributed by atoms with E-state index < -0.39 is 8.07 Å². The van der Waals surface area contributed by atoms with E-state index in [1.54, 1.807) is 0 Å². The number of hydrogen-bond donors (Lipinski definition) is 0. The first-order valence-corrected chi connectivity index (χ1v) is 20.2. The Labute approximate surface area is 298 Å². The van der Waals surface area contributed by atoms with E-state index in [4.69, 9.17) is 24.9 Å². The van der Waals surface area contributed by atoms with Crippen LogP contribution in [-0.2, 0) is 0 Å². The largest absolute Gasteiger partial charge is 0.228 e. The zero-order valence-electron chi connectivity index (χ0n) is 28.3. The molecule has 1 aliphatic heterocycles. The number of nitrogens with zero attached hydrogens (tertiary/aromatic N) is 5. The van der Waals surface area contributed by atoms with Gasteiger partial charge in [-0.2, -0.15) is 0 Å². The first kappa shape index (κ1) is 30.7. The maximum absolute atomic E-state index is 5.32. The quantitative estimate of drug-likeness (QED) is 0.165. The molecule has 0 saturated carbocycles. The molecule has 0 radical (unpaired) electrons. The van der Waals surface area contributed by atoms with Crippen LogP contribution in [0.4, 0.5) is 0 Å². The minimum Gasteiger partial charge on any atom is -0.228 e. The molecule has 0 fully saturated rings. The highest BCUT2D eigenvalue weighted by Gasteiger charge is 2.41. The Balaban J connectivity index is 1.11. The Morgan fingerprint density at radius 1 is 0.333 bits per heavy atom. The van der Waals surface area contributed by atoms with Gasteiger partial charge in [-0.05, 0) is 33.1 Å². The molecular weight excluding hydrogens is 639 g/mol. The molecule has 0 aliphatic carbocycles. The summed E-state index contributed by atoms with van der Waals surface area (Å²) in [7, 11) is -2.01. The van der Waals surface area contributed by atoms with Gasteiger partial charge in [0.15, 0.2) is 23.3 Å². The number of fused-ring (bicyclic) bond motifs is 3. The monoisotopic (exact) mass is 671 g/mol.